The van der Waals surface area contributed by atoms with Gasteiger partial charge in [-0.15, -0.1) is 0 Å². The number of allylic oxidation sites excluding steroid dienone is 8. The number of aliphatic hydroxyl groups excluding tert-OH is 4. The lowest BCUT2D eigenvalue weighted by molar-refractivity contribution is -0.161. The number of carbonyl (C=O) groups is 2. The van der Waals surface area contributed by atoms with E-state index >= 15 is 0 Å². The maximum absolute atomic E-state index is 12.6. The normalized spacial score (nSPS) is 15.7. The van der Waals surface area contributed by atoms with Crippen LogP contribution in [0.4, 0.5) is 0 Å². The molecule has 5 atom stereocenters. The topological polar surface area (TPSA) is 189 Å². The standard InChI is InChI=1S/C40H71O12P/c1-3-5-7-9-11-13-15-17-19-21-23-25-27-29-38(44)49-32-35(33-50-53(47,48)51-34-37(43)40(46)36(42)31-41)52-39(45)30-28-26-24-22-20-18-16-14-12-10-8-6-4-2/h9-12,21-24,35-37,40-43,46H,3-8,13-20,25-34H2,1-2H3,(H,47,48)/b11-9?,12-10-,23-21?,24-22-/t35-,36-,37-,40+/m1/s1. The summed E-state index contributed by atoms with van der Waals surface area (Å²) < 4.78 is 32.7. The zero-order chi connectivity index (χ0) is 39.4. The first-order valence-corrected chi connectivity index (χ1v) is 21.3. The first-order chi connectivity index (χ1) is 25.6. The summed E-state index contributed by atoms with van der Waals surface area (Å²) in [5, 5.41) is 37.9. The van der Waals surface area contributed by atoms with E-state index in [-0.39, 0.29) is 12.8 Å². The van der Waals surface area contributed by atoms with Crippen LogP contribution in [0, 0.1) is 0 Å². The van der Waals surface area contributed by atoms with Gasteiger partial charge in [-0.1, -0.05) is 88.1 Å². The summed E-state index contributed by atoms with van der Waals surface area (Å²) in [4.78, 5) is 35.1. The van der Waals surface area contributed by atoms with Gasteiger partial charge in [-0.2, -0.15) is 0 Å². The molecule has 0 heterocycles. The molecule has 0 aliphatic rings. The Morgan fingerprint density at radius 1 is 0.566 bits per heavy atom. The Kier molecular flexibility index (Phi) is 34.1. The van der Waals surface area contributed by atoms with E-state index in [1.807, 2.05) is 12.2 Å². The van der Waals surface area contributed by atoms with Gasteiger partial charge in [0, 0.05) is 12.8 Å². The van der Waals surface area contributed by atoms with Crippen LogP contribution in [-0.4, -0.2) is 88.1 Å². The fourth-order valence-corrected chi connectivity index (χ4v) is 5.60. The molecule has 0 spiro atoms. The largest absolute Gasteiger partial charge is 0.472 e. The Balaban J connectivity index is 4.72. The fourth-order valence-electron chi connectivity index (χ4n) is 4.83. The van der Waals surface area contributed by atoms with Gasteiger partial charge >= 0.3 is 19.8 Å². The summed E-state index contributed by atoms with van der Waals surface area (Å²) in [6.07, 6.45) is 29.2. The van der Waals surface area contributed by atoms with Crippen LogP contribution in [0.2, 0.25) is 0 Å². The van der Waals surface area contributed by atoms with Crippen molar-refractivity contribution >= 4 is 19.8 Å². The van der Waals surface area contributed by atoms with Gasteiger partial charge in [0.25, 0.3) is 0 Å². The second-order valence-corrected chi connectivity index (χ2v) is 14.6. The molecule has 0 aliphatic carbocycles. The van der Waals surface area contributed by atoms with Gasteiger partial charge in [-0.3, -0.25) is 18.6 Å². The summed E-state index contributed by atoms with van der Waals surface area (Å²) in [6, 6.07) is 0. The van der Waals surface area contributed by atoms with Crippen LogP contribution in [0.1, 0.15) is 142 Å². The Labute approximate surface area is 319 Å². The molecule has 0 radical (unpaired) electrons. The lowest BCUT2D eigenvalue weighted by Crippen LogP contribution is -2.41. The lowest BCUT2D eigenvalue weighted by Gasteiger charge is -2.23. The molecule has 12 nitrogen and oxygen atoms in total. The molecule has 308 valence electrons. The van der Waals surface area contributed by atoms with Gasteiger partial charge in [-0.05, 0) is 89.9 Å². The minimum absolute atomic E-state index is 0.0733. The maximum atomic E-state index is 12.6. The fraction of sp³-hybridized carbons (Fsp3) is 0.750. The SMILES string of the molecule is CCCCC=CCCCCC=CCCCC(=O)OC[C@H](COP(=O)(O)OC[C@@H](O)[C@@H](O)[C@H](O)CO)OC(=O)CCC/C=C\CCCC/C=C\CCCC. The molecule has 0 aliphatic heterocycles. The monoisotopic (exact) mass is 774 g/mol. The molecule has 0 amide bonds. The molecule has 0 saturated carbocycles. The van der Waals surface area contributed by atoms with Crippen molar-refractivity contribution in [3.8, 4) is 0 Å². The van der Waals surface area contributed by atoms with Crippen LogP contribution in [0.15, 0.2) is 48.6 Å². The molecule has 13 heteroatoms. The second-order valence-electron chi connectivity index (χ2n) is 13.2. The lowest BCUT2D eigenvalue weighted by atomic mass is 10.1. The van der Waals surface area contributed by atoms with Gasteiger partial charge in [0.2, 0.25) is 0 Å². The second kappa shape index (κ2) is 35.5. The van der Waals surface area contributed by atoms with E-state index in [9.17, 15) is 34.4 Å². The zero-order valence-electron chi connectivity index (χ0n) is 32.4. The summed E-state index contributed by atoms with van der Waals surface area (Å²) in [7, 11) is -4.84. The highest BCUT2D eigenvalue weighted by atomic mass is 31.2. The van der Waals surface area contributed by atoms with E-state index in [4.69, 9.17) is 19.1 Å². The summed E-state index contributed by atoms with van der Waals surface area (Å²) >= 11 is 0. The number of hydrogen-bond acceptors (Lipinski definition) is 11. The molecule has 0 aromatic rings. The molecule has 5 N–H and O–H groups in total. The van der Waals surface area contributed by atoms with Crippen LogP contribution in [0.3, 0.4) is 0 Å². The average molecular weight is 775 g/mol. The van der Waals surface area contributed by atoms with Crippen molar-refractivity contribution in [2.24, 2.45) is 0 Å². The number of hydrogen-bond donors (Lipinski definition) is 5. The molecule has 1 unspecified atom stereocenters. The first kappa shape index (κ1) is 50.9. The number of ether oxygens (including phenoxy) is 2. The average Bonchev–Trinajstić information content (AvgIpc) is 3.14. The third kappa shape index (κ3) is 33.0. The van der Waals surface area contributed by atoms with Crippen LogP contribution >= 0.6 is 7.82 Å². The molecular formula is C40H71O12P. The zero-order valence-corrected chi connectivity index (χ0v) is 33.3. The molecule has 0 saturated heterocycles. The quantitative estimate of drug-likeness (QED) is 0.0181. The predicted molar refractivity (Wildman–Crippen MR) is 208 cm³/mol. The molecule has 0 fully saturated rings. The van der Waals surface area contributed by atoms with E-state index in [1.165, 1.54) is 25.7 Å². The van der Waals surface area contributed by atoms with Crippen molar-refractivity contribution in [1.82, 2.24) is 0 Å². The van der Waals surface area contributed by atoms with E-state index in [1.54, 1.807) is 0 Å². The Morgan fingerprint density at radius 2 is 0.962 bits per heavy atom. The highest BCUT2D eigenvalue weighted by Crippen LogP contribution is 2.43. The van der Waals surface area contributed by atoms with Crippen LogP contribution in [0.25, 0.3) is 0 Å². The molecule has 0 aromatic heterocycles. The summed E-state index contributed by atoms with van der Waals surface area (Å²) in [5.74, 6) is -1.12. The number of carbonyl (C=O) groups excluding carboxylic acids is 2. The predicted octanol–water partition coefficient (Wildman–Crippen LogP) is 7.72. The molecule has 0 aromatic carbocycles. The van der Waals surface area contributed by atoms with E-state index in [0.29, 0.717) is 25.7 Å². The Hall–Kier alpha value is -2.15. The van der Waals surface area contributed by atoms with E-state index in [2.05, 4.69) is 54.8 Å². The third-order valence-electron chi connectivity index (χ3n) is 8.14. The number of phosphoric ester groups is 1. The van der Waals surface area contributed by atoms with Gasteiger partial charge in [0.1, 0.15) is 24.9 Å². The molecule has 0 rings (SSSR count). The smallest absolute Gasteiger partial charge is 0.462 e. The van der Waals surface area contributed by atoms with Crippen molar-refractivity contribution in [2.75, 3.05) is 26.4 Å². The Morgan fingerprint density at radius 3 is 1.40 bits per heavy atom. The molecular weight excluding hydrogens is 703 g/mol. The maximum Gasteiger partial charge on any atom is 0.472 e. The van der Waals surface area contributed by atoms with E-state index in [0.717, 1.165) is 64.2 Å². The molecule has 53 heavy (non-hydrogen) atoms. The number of unbranched alkanes of at least 4 members (excludes halogenated alkanes) is 12. The van der Waals surface area contributed by atoms with Gasteiger partial charge in [0.15, 0.2) is 6.10 Å². The number of rotatable bonds is 36. The molecule has 0 bridgehead atoms. The van der Waals surface area contributed by atoms with Crippen LogP contribution < -0.4 is 0 Å². The van der Waals surface area contributed by atoms with Crippen LogP contribution in [0.5, 0.6) is 0 Å². The number of phosphoric acid groups is 1. The van der Waals surface area contributed by atoms with Gasteiger partial charge in [0.05, 0.1) is 19.8 Å². The van der Waals surface area contributed by atoms with Crippen molar-refractivity contribution in [3.05, 3.63) is 48.6 Å². The minimum Gasteiger partial charge on any atom is -0.462 e. The first-order valence-electron chi connectivity index (χ1n) is 19.8. The van der Waals surface area contributed by atoms with Gasteiger partial charge in [-0.25, -0.2) is 4.57 Å². The van der Waals surface area contributed by atoms with Gasteiger partial charge < -0.3 is 34.8 Å². The van der Waals surface area contributed by atoms with Crippen molar-refractivity contribution < 1.29 is 58.0 Å². The van der Waals surface area contributed by atoms with Crippen molar-refractivity contribution in [2.45, 2.75) is 167 Å². The highest BCUT2D eigenvalue weighted by Gasteiger charge is 2.30. The minimum atomic E-state index is -4.84. The summed E-state index contributed by atoms with van der Waals surface area (Å²) in [5.41, 5.74) is 0. The third-order valence-corrected chi connectivity index (χ3v) is 9.09. The number of aliphatic hydroxyl groups is 4. The summed E-state index contributed by atoms with van der Waals surface area (Å²) in [6.45, 7) is 1.55. The Bertz CT molecular complexity index is 1060. The van der Waals surface area contributed by atoms with Crippen molar-refractivity contribution in [3.63, 3.8) is 0 Å². The number of esters is 2. The van der Waals surface area contributed by atoms with E-state index < -0.39 is 70.6 Å². The highest BCUT2D eigenvalue weighted by molar-refractivity contribution is 7.47. The van der Waals surface area contributed by atoms with Crippen molar-refractivity contribution in [1.29, 1.82) is 0 Å². The van der Waals surface area contributed by atoms with Crippen LogP contribution in [-0.2, 0) is 32.7 Å².